The van der Waals surface area contributed by atoms with Gasteiger partial charge in [-0.1, -0.05) is 11.2 Å². The zero-order valence-electron chi connectivity index (χ0n) is 14.7. The Hall–Kier alpha value is -2.31. The molecule has 2 heterocycles. The lowest BCUT2D eigenvalue weighted by Gasteiger charge is -2.12. The summed E-state index contributed by atoms with van der Waals surface area (Å²) in [7, 11) is 1.65. The molecule has 25 heavy (non-hydrogen) atoms. The molecule has 0 aliphatic heterocycles. The van der Waals surface area contributed by atoms with Crippen LogP contribution in [-0.2, 0) is 19.7 Å². The Kier molecular flexibility index (Phi) is 5.73. The molecule has 0 amide bonds. The van der Waals surface area contributed by atoms with Gasteiger partial charge in [0.2, 0.25) is 0 Å². The number of thiophene rings is 1. The standard InChI is InChI=1S/C19H22N2O3S/c1-13-17(14(2)24-21-13)11-23-18-5-4-15(8-19(18)22-3)9-20-10-16-6-7-25-12-16/h4-8,12,20H,9-11H2,1-3H3. The minimum absolute atomic E-state index is 0.410. The van der Waals surface area contributed by atoms with Crippen molar-refractivity contribution in [2.75, 3.05) is 7.11 Å². The van der Waals surface area contributed by atoms with E-state index in [2.05, 4.69) is 27.3 Å². The van der Waals surface area contributed by atoms with Gasteiger partial charge in [0, 0.05) is 13.1 Å². The van der Waals surface area contributed by atoms with Gasteiger partial charge < -0.3 is 19.3 Å². The van der Waals surface area contributed by atoms with Crippen molar-refractivity contribution in [3.63, 3.8) is 0 Å². The topological polar surface area (TPSA) is 56.5 Å². The molecule has 0 aliphatic carbocycles. The summed E-state index contributed by atoms with van der Waals surface area (Å²) >= 11 is 1.71. The highest BCUT2D eigenvalue weighted by atomic mass is 32.1. The number of hydrogen-bond acceptors (Lipinski definition) is 6. The molecule has 1 N–H and O–H groups in total. The van der Waals surface area contributed by atoms with Gasteiger partial charge in [0.25, 0.3) is 0 Å². The molecule has 1 aromatic carbocycles. The van der Waals surface area contributed by atoms with E-state index in [1.807, 2.05) is 32.0 Å². The second-order valence-electron chi connectivity index (χ2n) is 5.81. The van der Waals surface area contributed by atoms with Crippen LogP contribution in [0.5, 0.6) is 11.5 Å². The van der Waals surface area contributed by atoms with Crippen LogP contribution in [-0.4, -0.2) is 12.3 Å². The molecule has 0 spiro atoms. The number of hydrogen-bond donors (Lipinski definition) is 1. The largest absolute Gasteiger partial charge is 0.493 e. The van der Waals surface area contributed by atoms with Crippen LogP contribution in [0.25, 0.3) is 0 Å². The monoisotopic (exact) mass is 358 g/mol. The van der Waals surface area contributed by atoms with Crippen LogP contribution in [0, 0.1) is 13.8 Å². The number of aromatic nitrogens is 1. The van der Waals surface area contributed by atoms with Crippen LogP contribution < -0.4 is 14.8 Å². The third-order valence-electron chi connectivity index (χ3n) is 4.02. The molecule has 0 bridgehead atoms. The Morgan fingerprint density at radius 3 is 2.64 bits per heavy atom. The smallest absolute Gasteiger partial charge is 0.161 e. The highest BCUT2D eigenvalue weighted by molar-refractivity contribution is 7.07. The maximum atomic E-state index is 5.91. The first-order valence-electron chi connectivity index (χ1n) is 8.10. The molecule has 0 fully saturated rings. The van der Waals surface area contributed by atoms with Crippen LogP contribution in [0.3, 0.4) is 0 Å². The molecule has 5 nitrogen and oxygen atoms in total. The third-order valence-corrected chi connectivity index (χ3v) is 4.75. The number of nitrogens with one attached hydrogen (secondary N) is 1. The molecule has 0 saturated carbocycles. The summed E-state index contributed by atoms with van der Waals surface area (Å²) < 4.78 is 16.6. The molecular formula is C19H22N2O3S. The fourth-order valence-corrected chi connectivity index (χ4v) is 3.21. The Labute approximate surface area is 151 Å². The molecule has 132 valence electrons. The minimum atomic E-state index is 0.410. The summed E-state index contributed by atoms with van der Waals surface area (Å²) in [5, 5.41) is 11.6. The number of rotatable bonds is 8. The lowest BCUT2D eigenvalue weighted by atomic mass is 10.2. The fourth-order valence-electron chi connectivity index (χ4n) is 2.54. The van der Waals surface area contributed by atoms with Crippen molar-refractivity contribution < 1.29 is 14.0 Å². The highest BCUT2D eigenvalue weighted by Gasteiger charge is 2.12. The van der Waals surface area contributed by atoms with Gasteiger partial charge in [-0.25, -0.2) is 0 Å². The summed E-state index contributed by atoms with van der Waals surface area (Å²) in [5.74, 6) is 2.22. The summed E-state index contributed by atoms with van der Waals surface area (Å²) in [6.45, 7) is 5.84. The molecule has 0 unspecified atom stereocenters. The van der Waals surface area contributed by atoms with Crippen molar-refractivity contribution >= 4 is 11.3 Å². The number of ether oxygens (including phenoxy) is 2. The summed E-state index contributed by atoms with van der Waals surface area (Å²) in [6, 6.07) is 8.12. The number of benzene rings is 1. The Balaban J connectivity index is 1.61. The quantitative estimate of drug-likeness (QED) is 0.653. The lowest BCUT2D eigenvalue weighted by molar-refractivity contribution is 0.281. The molecule has 3 rings (SSSR count). The van der Waals surface area contributed by atoms with E-state index in [1.54, 1.807) is 18.4 Å². The molecular weight excluding hydrogens is 336 g/mol. The molecule has 0 atom stereocenters. The number of aryl methyl sites for hydroxylation is 2. The van der Waals surface area contributed by atoms with Crippen molar-refractivity contribution in [1.29, 1.82) is 0 Å². The second-order valence-corrected chi connectivity index (χ2v) is 6.59. The molecule has 0 radical (unpaired) electrons. The van der Waals surface area contributed by atoms with Gasteiger partial charge in [0.15, 0.2) is 11.5 Å². The summed E-state index contributed by atoms with van der Waals surface area (Å²) in [5.41, 5.74) is 4.28. The Morgan fingerprint density at radius 2 is 1.96 bits per heavy atom. The van der Waals surface area contributed by atoms with E-state index in [-0.39, 0.29) is 0 Å². The average molecular weight is 358 g/mol. The first-order chi connectivity index (χ1) is 12.2. The zero-order chi connectivity index (χ0) is 17.6. The summed E-state index contributed by atoms with van der Waals surface area (Å²) in [4.78, 5) is 0. The third kappa shape index (κ3) is 4.41. The van der Waals surface area contributed by atoms with Crippen molar-refractivity contribution in [3.8, 4) is 11.5 Å². The van der Waals surface area contributed by atoms with E-state index in [0.29, 0.717) is 12.4 Å². The van der Waals surface area contributed by atoms with E-state index in [0.717, 1.165) is 41.4 Å². The zero-order valence-corrected chi connectivity index (χ0v) is 15.5. The van der Waals surface area contributed by atoms with Gasteiger partial charge in [0.05, 0.1) is 18.4 Å². The average Bonchev–Trinajstić information content (AvgIpc) is 3.24. The maximum absolute atomic E-state index is 5.91. The Bertz CT molecular complexity index is 793. The van der Waals surface area contributed by atoms with E-state index in [9.17, 15) is 0 Å². The first kappa shape index (κ1) is 17.5. The van der Waals surface area contributed by atoms with Gasteiger partial charge in [0.1, 0.15) is 12.4 Å². The molecule has 3 aromatic rings. The minimum Gasteiger partial charge on any atom is -0.493 e. The molecule has 0 aliphatic rings. The van der Waals surface area contributed by atoms with E-state index in [4.69, 9.17) is 14.0 Å². The van der Waals surface area contributed by atoms with Gasteiger partial charge in [-0.3, -0.25) is 0 Å². The number of nitrogens with zero attached hydrogens (tertiary/aromatic N) is 1. The predicted octanol–water partition coefficient (Wildman–Crippen LogP) is 4.23. The number of methoxy groups -OCH3 is 1. The van der Waals surface area contributed by atoms with Gasteiger partial charge in [-0.15, -0.1) is 0 Å². The fraction of sp³-hybridized carbons (Fsp3) is 0.316. The van der Waals surface area contributed by atoms with Crippen LogP contribution >= 0.6 is 11.3 Å². The van der Waals surface area contributed by atoms with Crippen molar-refractivity contribution in [3.05, 3.63) is 63.2 Å². The van der Waals surface area contributed by atoms with Crippen LogP contribution in [0.1, 0.15) is 28.1 Å². The molecule has 2 aromatic heterocycles. The van der Waals surface area contributed by atoms with Crippen LogP contribution in [0.2, 0.25) is 0 Å². The van der Waals surface area contributed by atoms with Crippen LogP contribution in [0.15, 0.2) is 39.5 Å². The maximum Gasteiger partial charge on any atom is 0.161 e. The van der Waals surface area contributed by atoms with E-state index >= 15 is 0 Å². The van der Waals surface area contributed by atoms with Crippen molar-refractivity contribution in [1.82, 2.24) is 10.5 Å². The van der Waals surface area contributed by atoms with Crippen LogP contribution in [0.4, 0.5) is 0 Å². The van der Waals surface area contributed by atoms with Crippen molar-refractivity contribution in [2.24, 2.45) is 0 Å². The van der Waals surface area contributed by atoms with E-state index < -0.39 is 0 Å². The van der Waals surface area contributed by atoms with Gasteiger partial charge >= 0.3 is 0 Å². The van der Waals surface area contributed by atoms with E-state index in [1.165, 1.54) is 5.56 Å². The van der Waals surface area contributed by atoms with Gasteiger partial charge in [-0.2, -0.15) is 11.3 Å². The van der Waals surface area contributed by atoms with Gasteiger partial charge in [-0.05, 0) is 53.9 Å². The highest BCUT2D eigenvalue weighted by Crippen LogP contribution is 2.29. The predicted molar refractivity (Wildman–Crippen MR) is 98.2 cm³/mol. The molecule has 6 heteroatoms. The normalized spacial score (nSPS) is 10.8. The van der Waals surface area contributed by atoms with Crippen molar-refractivity contribution in [2.45, 2.75) is 33.5 Å². The first-order valence-corrected chi connectivity index (χ1v) is 9.05. The lowest BCUT2D eigenvalue weighted by Crippen LogP contribution is -2.12. The second kappa shape index (κ2) is 8.18. The SMILES string of the molecule is COc1cc(CNCc2ccsc2)ccc1OCc1c(C)noc1C. The Morgan fingerprint density at radius 1 is 1.12 bits per heavy atom. The molecule has 0 saturated heterocycles. The summed E-state index contributed by atoms with van der Waals surface area (Å²) in [6.07, 6.45) is 0.